The number of nitrogens with zero attached hydrogens (tertiary/aromatic N) is 2. The Morgan fingerprint density at radius 1 is 0.786 bits per heavy atom. The standard InChI is InChI=1S/C32H31Cl2N3O4S/c1-2-35-32(39)30(21-24-10-5-3-6-11-24)36(22-25-12-9-13-27(34)20-25)31(38)23-37(28-14-7-4-8-15-28)42(40,41)29-18-16-26(33)17-19-29/h3-20,30H,2,21-23H2,1H3,(H,35,39). The number of benzene rings is 4. The van der Waals surface area contributed by atoms with E-state index in [0.717, 1.165) is 9.87 Å². The molecular weight excluding hydrogens is 593 g/mol. The van der Waals surface area contributed by atoms with Crippen LogP contribution in [0.3, 0.4) is 0 Å². The maximum absolute atomic E-state index is 14.3. The molecule has 1 unspecified atom stereocenters. The molecule has 42 heavy (non-hydrogen) atoms. The molecule has 1 N–H and O–H groups in total. The van der Waals surface area contributed by atoms with E-state index in [1.807, 2.05) is 36.4 Å². The van der Waals surface area contributed by atoms with E-state index >= 15 is 0 Å². The van der Waals surface area contributed by atoms with Gasteiger partial charge in [-0.25, -0.2) is 8.42 Å². The van der Waals surface area contributed by atoms with Crippen molar-refractivity contribution < 1.29 is 18.0 Å². The summed E-state index contributed by atoms with van der Waals surface area (Å²) < 4.78 is 28.9. The minimum atomic E-state index is -4.19. The fourth-order valence-electron chi connectivity index (χ4n) is 4.53. The first-order valence-electron chi connectivity index (χ1n) is 13.4. The van der Waals surface area contributed by atoms with E-state index in [2.05, 4.69) is 5.32 Å². The van der Waals surface area contributed by atoms with Crippen LogP contribution in [0, 0.1) is 0 Å². The predicted molar refractivity (Wildman–Crippen MR) is 167 cm³/mol. The molecule has 4 aromatic carbocycles. The summed E-state index contributed by atoms with van der Waals surface area (Å²) >= 11 is 12.3. The maximum atomic E-state index is 14.3. The van der Waals surface area contributed by atoms with Gasteiger partial charge in [-0.2, -0.15) is 0 Å². The Hall–Kier alpha value is -3.85. The number of likely N-dealkylation sites (N-methyl/N-ethyl adjacent to an activating group) is 1. The summed E-state index contributed by atoms with van der Waals surface area (Å²) in [5, 5.41) is 3.71. The highest BCUT2D eigenvalue weighted by molar-refractivity contribution is 7.92. The van der Waals surface area contributed by atoms with Crippen molar-refractivity contribution >= 4 is 50.7 Å². The van der Waals surface area contributed by atoms with Crippen LogP contribution in [0.15, 0.2) is 114 Å². The van der Waals surface area contributed by atoms with Crippen molar-refractivity contribution in [1.29, 1.82) is 0 Å². The van der Waals surface area contributed by atoms with Gasteiger partial charge >= 0.3 is 0 Å². The number of para-hydroxylation sites is 1. The molecule has 2 amide bonds. The summed E-state index contributed by atoms with van der Waals surface area (Å²) in [4.78, 5) is 29.2. The summed E-state index contributed by atoms with van der Waals surface area (Å²) in [6, 6.07) is 29.6. The molecule has 0 aliphatic heterocycles. The molecule has 0 spiro atoms. The summed E-state index contributed by atoms with van der Waals surface area (Å²) in [5.41, 5.74) is 1.86. The topological polar surface area (TPSA) is 86.8 Å². The Morgan fingerprint density at radius 2 is 1.40 bits per heavy atom. The van der Waals surface area contributed by atoms with Crippen LogP contribution in [0.5, 0.6) is 0 Å². The Bertz CT molecular complexity index is 1600. The monoisotopic (exact) mass is 623 g/mol. The molecule has 0 aliphatic carbocycles. The van der Waals surface area contributed by atoms with Gasteiger partial charge in [-0.05, 0) is 66.6 Å². The van der Waals surface area contributed by atoms with Crippen LogP contribution in [0.2, 0.25) is 10.0 Å². The summed E-state index contributed by atoms with van der Waals surface area (Å²) in [7, 11) is -4.19. The largest absolute Gasteiger partial charge is 0.355 e. The van der Waals surface area contributed by atoms with Gasteiger partial charge in [0, 0.05) is 29.6 Å². The lowest BCUT2D eigenvalue weighted by Gasteiger charge is -2.33. The molecule has 218 valence electrons. The van der Waals surface area contributed by atoms with E-state index < -0.39 is 28.5 Å². The van der Waals surface area contributed by atoms with E-state index in [0.29, 0.717) is 27.8 Å². The van der Waals surface area contributed by atoms with Crippen LogP contribution in [-0.4, -0.2) is 44.3 Å². The molecule has 4 aromatic rings. The third-order valence-electron chi connectivity index (χ3n) is 6.59. The number of carbonyl (C=O) groups is 2. The SMILES string of the molecule is CCNC(=O)C(Cc1ccccc1)N(Cc1cccc(Cl)c1)C(=O)CN(c1ccccc1)S(=O)(=O)c1ccc(Cl)cc1. The van der Waals surface area contributed by atoms with Crippen molar-refractivity contribution in [2.45, 2.75) is 30.8 Å². The Morgan fingerprint density at radius 3 is 2.02 bits per heavy atom. The average Bonchev–Trinajstić information content (AvgIpc) is 2.99. The first-order chi connectivity index (χ1) is 20.2. The van der Waals surface area contributed by atoms with Crippen molar-refractivity contribution in [2.75, 3.05) is 17.4 Å². The lowest BCUT2D eigenvalue weighted by atomic mass is 10.0. The van der Waals surface area contributed by atoms with Gasteiger partial charge in [0.05, 0.1) is 10.6 Å². The third kappa shape index (κ3) is 7.91. The number of nitrogens with one attached hydrogen (secondary N) is 1. The number of hydrogen-bond donors (Lipinski definition) is 1. The summed E-state index contributed by atoms with van der Waals surface area (Å²) in [6.45, 7) is 1.67. The quantitative estimate of drug-likeness (QED) is 0.211. The number of rotatable bonds is 12. The van der Waals surface area contributed by atoms with Gasteiger partial charge in [-0.3, -0.25) is 13.9 Å². The van der Waals surface area contributed by atoms with E-state index in [9.17, 15) is 18.0 Å². The molecule has 4 rings (SSSR count). The zero-order valence-electron chi connectivity index (χ0n) is 23.0. The number of hydrogen-bond acceptors (Lipinski definition) is 4. The minimum absolute atomic E-state index is 0.0190. The van der Waals surface area contributed by atoms with E-state index in [1.165, 1.54) is 29.2 Å². The molecule has 0 heterocycles. The second-order valence-corrected chi connectivity index (χ2v) is 12.3. The predicted octanol–water partition coefficient (Wildman–Crippen LogP) is 5.96. The fraction of sp³-hybridized carbons (Fsp3) is 0.188. The maximum Gasteiger partial charge on any atom is 0.264 e. The molecule has 0 bridgehead atoms. The van der Waals surface area contributed by atoms with Crippen molar-refractivity contribution in [2.24, 2.45) is 0 Å². The van der Waals surface area contributed by atoms with E-state index in [1.54, 1.807) is 55.5 Å². The van der Waals surface area contributed by atoms with Gasteiger partial charge < -0.3 is 10.2 Å². The highest BCUT2D eigenvalue weighted by atomic mass is 35.5. The number of sulfonamides is 1. The fourth-order valence-corrected chi connectivity index (χ4v) is 6.29. The third-order valence-corrected chi connectivity index (χ3v) is 8.86. The normalized spacial score (nSPS) is 11.9. The first kappa shape index (κ1) is 31.1. The van der Waals surface area contributed by atoms with Crippen LogP contribution in [0.1, 0.15) is 18.1 Å². The first-order valence-corrected chi connectivity index (χ1v) is 15.6. The summed E-state index contributed by atoms with van der Waals surface area (Å²) in [6.07, 6.45) is 0.230. The minimum Gasteiger partial charge on any atom is -0.355 e. The smallest absolute Gasteiger partial charge is 0.264 e. The summed E-state index contributed by atoms with van der Waals surface area (Å²) in [5.74, 6) is -0.896. The van der Waals surface area contributed by atoms with Crippen molar-refractivity contribution in [1.82, 2.24) is 10.2 Å². The van der Waals surface area contributed by atoms with Crippen molar-refractivity contribution in [3.63, 3.8) is 0 Å². The van der Waals surface area contributed by atoms with Crippen molar-refractivity contribution in [3.8, 4) is 0 Å². The molecule has 0 aliphatic rings. The molecular formula is C32H31Cl2N3O4S. The zero-order chi connectivity index (χ0) is 30.1. The second-order valence-electron chi connectivity index (χ2n) is 9.55. The van der Waals surface area contributed by atoms with E-state index in [-0.39, 0.29) is 23.8 Å². The van der Waals surface area contributed by atoms with Crippen LogP contribution in [0.4, 0.5) is 5.69 Å². The highest BCUT2D eigenvalue weighted by Gasteiger charge is 2.34. The number of amides is 2. The number of anilines is 1. The molecule has 7 nitrogen and oxygen atoms in total. The molecule has 0 radical (unpaired) electrons. The Kier molecular flexibility index (Phi) is 10.6. The Balaban J connectivity index is 1.78. The molecule has 10 heteroatoms. The Labute approximate surface area is 256 Å². The molecule has 0 saturated carbocycles. The zero-order valence-corrected chi connectivity index (χ0v) is 25.3. The van der Waals surface area contributed by atoms with Crippen LogP contribution < -0.4 is 9.62 Å². The lowest BCUT2D eigenvalue weighted by molar-refractivity contribution is -0.140. The van der Waals surface area contributed by atoms with Gasteiger partial charge in [-0.1, -0.05) is 83.9 Å². The molecule has 0 saturated heterocycles. The second kappa shape index (κ2) is 14.4. The average molecular weight is 625 g/mol. The number of halogens is 2. The highest BCUT2D eigenvalue weighted by Crippen LogP contribution is 2.26. The van der Waals surface area contributed by atoms with Crippen LogP contribution >= 0.6 is 23.2 Å². The van der Waals surface area contributed by atoms with Crippen LogP contribution in [-0.2, 0) is 32.6 Å². The van der Waals surface area contributed by atoms with Gasteiger partial charge in [0.25, 0.3) is 10.0 Å². The van der Waals surface area contributed by atoms with Gasteiger partial charge in [0.1, 0.15) is 12.6 Å². The van der Waals surface area contributed by atoms with Crippen molar-refractivity contribution in [3.05, 3.63) is 130 Å². The van der Waals surface area contributed by atoms with Gasteiger partial charge in [0.15, 0.2) is 0 Å². The lowest BCUT2D eigenvalue weighted by Crippen LogP contribution is -2.53. The van der Waals surface area contributed by atoms with Crippen LogP contribution in [0.25, 0.3) is 0 Å². The van der Waals surface area contributed by atoms with Gasteiger partial charge in [-0.15, -0.1) is 0 Å². The molecule has 0 fully saturated rings. The molecule has 0 aromatic heterocycles. The molecule has 1 atom stereocenters. The van der Waals surface area contributed by atoms with Gasteiger partial charge in [0.2, 0.25) is 11.8 Å². The number of carbonyl (C=O) groups excluding carboxylic acids is 2. The van der Waals surface area contributed by atoms with E-state index in [4.69, 9.17) is 23.2 Å².